The lowest BCUT2D eigenvalue weighted by Crippen LogP contribution is -2.33. The molecule has 0 radical (unpaired) electrons. The van der Waals surface area contributed by atoms with Gasteiger partial charge in [-0.05, 0) is 49.9 Å². The summed E-state index contributed by atoms with van der Waals surface area (Å²) in [6, 6.07) is 10.2. The van der Waals surface area contributed by atoms with Gasteiger partial charge in [-0.25, -0.2) is 0 Å². The summed E-state index contributed by atoms with van der Waals surface area (Å²) in [6.07, 6.45) is 6.10. The average Bonchev–Trinajstić information content (AvgIpc) is 3.06. The first-order valence-corrected chi connectivity index (χ1v) is 8.95. The largest absolute Gasteiger partial charge is 0.367 e. The van der Waals surface area contributed by atoms with E-state index in [1.165, 1.54) is 0 Å². The minimum Gasteiger partial charge on any atom is -0.367 e. The maximum absolute atomic E-state index is 6.05. The van der Waals surface area contributed by atoms with Crippen molar-refractivity contribution < 1.29 is 0 Å². The molecule has 1 saturated carbocycles. The molecule has 0 spiro atoms. The Balaban J connectivity index is 0.00000196. The lowest BCUT2D eigenvalue weighted by atomic mass is 9.92. The van der Waals surface area contributed by atoms with Crippen LogP contribution in [0.5, 0.6) is 0 Å². The fourth-order valence-corrected chi connectivity index (χ4v) is 3.45. The first-order chi connectivity index (χ1) is 12.2. The van der Waals surface area contributed by atoms with Crippen molar-refractivity contribution in [2.75, 3.05) is 10.6 Å². The number of hydrogen-bond donors (Lipinski definition) is 4. The van der Waals surface area contributed by atoms with Gasteiger partial charge in [0.05, 0.1) is 5.39 Å². The van der Waals surface area contributed by atoms with Crippen molar-refractivity contribution in [1.29, 1.82) is 0 Å². The number of nitrogens with two attached hydrogens (primary N) is 1. The molecule has 1 fully saturated rings. The van der Waals surface area contributed by atoms with Gasteiger partial charge in [-0.15, -0.1) is 12.4 Å². The third-order valence-electron chi connectivity index (χ3n) is 4.61. The Bertz CT molecular complexity index is 873. The molecule has 2 aromatic heterocycles. The van der Waals surface area contributed by atoms with Crippen LogP contribution in [0.1, 0.15) is 25.7 Å². The fraction of sp³-hybridized carbons (Fsp3) is 0.333. The SMILES string of the molecule is Cl.NC1CCC(Nc2nc(Nc3cccc(Cl)c3)nc3[nH]ccc23)CC1. The monoisotopic (exact) mass is 392 g/mol. The van der Waals surface area contributed by atoms with Crippen LogP contribution >= 0.6 is 24.0 Å². The van der Waals surface area contributed by atoms with Crippen molar-refractivity contribution in [1.82, 2.24) is 15.0 Å². The maximum Gasteiger partial charge on any atom is 0.231 e. The van der Waals surface area contributed by atoms with E-state index < -0.39 is 0 Å². The van der Waals surface area contributed by atoms with Gasteiger partial charge in [0.2, 0.25) is 5.95 Å². The van der Waals surface area contributed by atoms with Gasteiger partial charge >= 0.3 is 0 Å². The summed E-state index contributed by atoms with van der Waals surface area (Å²) in [5, 5.41) is 8.46. The number of H-pyrrole nitrogens is 1. The maximum atomic E-state index is 6.05. The zero-order chi connectivity index (χ0) is 17.2. The first kappa shape index (κ1) is 18.8. The molecule has 0 saturated heterocycles. The van der Waals surface area contributed by atoms with Crippen molar-refractivity contribution in [3.05, 3.63) is 41.6 Å². The minimum absolute atomic E-state index is 0. The zero-order valence-corrected chi connectivity index (χ0v) is 15.8. The molecule has 1 aliphatic rings. The molecule has 0 unspecified atom stereocenters. The molecule has 0 aliphatic heterocycles. The number of fused-ring (bicyclic) bond motifs is 1. The van der Waals surface area contributed by atoms with E-state index in [-0.39, 0.29) is 12.4 Å². The van der Waals surface area contributed by atoms with Crippen molar-refractivity contribution in [3.8, 4) is 0 Å². The molecule has 0 bridgehead atoms. The minimum atomic E-state index is 0. The van der Waals surface area contributed by atoms with Crippen LogP contribution in [-0.2, 0) is 0 Å². The lowest BCUT2D eigenvalue weighted by molar-refractivity contribution is 0.410. The second-order valence-electron chi connectivity index (χ2n) is 6.53. The molecular weight excluding hydrogens is 371 g/mol. The molecule has 1 aromatic carbocycles. The van der Waals surface area contributed by atoms with Gasteiger partial charge in [-0.1, -0.05) is 17.7 Å². The van der Waals surface area contributed by atoms with Crippen molar-refractivity contribution >= 4 is 52.5 Å². The predicted molar refractivity (Wildman–Crippen MR) is 110 cm³/mol. The van der Waals surface area contributed by atoms with E-state index in [0.717, 1.165) is 48.2 Å². The molecule has 26 heavy (non-hydrogen) atoms. The molecule has 3 aromatic rings. The van der Waals surface area contributed by atoms with Crippen molar-refractivity contribution in [2.24, 2.45) is 5.73 Å². The van der Waals surface area contributed by atoms with Crippen LogP contribution < -0.4 is 16.4 Å². The van der Waals surface area contributed by atoms with E-state index in [0.29, 0.717) is 23.1 Å². The third-order valence-corrected chi connectivity index (χ3v) is 4.84. The number of nitrogens with one attached hydrogen (secondary N) is 3. The van der Waals surface area contributed by atoms with Gasteiger partial charge < -0.3 is 21.4 Å². The number of anilines is 3. The quantitative estimate of drug-likeness (QED) is 0.525. The summed E-state index contributed by atoms with van der Waals surface area (Å²) in [7, 11) is 0. The summed E-state index contributed by atoms with van der Waals surface area (Å²) in [4.78, 5) is 12.4. The van der Waals surface area contributed by atoms with Gasteiger partial charge in [0, 0.05) is 29.0 Å². The lowest BCUT2D eigenvalue weighted by Gasteiger charge is -2.27. The van der Waals surface area contributed by atoms with Gasteiger partial charge in [0.1, 0.15) is 11.5 Å². The van der Waals surface area contributed by atoms with Crippen LogP contribution in [0.4, 0.5) is 17.5 Å². The van der Waals surface area contributed by atoms with Crippen LogP contribution in [0.15, 0.2) is 36.5 Å². The second-order valence-corrected chi connectivity index (χ2v) is 6.96. The van der Waals surface area contributed by atoms with Gasteiger partial charge in [-0.3, -0.25) is 0 Å². The van der Waals surface area contributed by atoms with Crippen LogP contribution in [0.25, 0.3) is 11.0 Å². The number of halogens is 2. The molecule has 1 aliphatic carbocycles. The first-order valence-electron chi connectivity index (χ1n) is 8.57. The van der Waals surface area contributed by atoms with E-state index in [4.69, 9.17) is 17.3 Å². The van der Waals surface area contributed by atoms with E-state index in [1.807, 2.05) is 36.5 Å². The third kappa shape index (κ3) is 4.20. The molecule has 138 valence electrons. The second kappa shape index (κ2) is 8.12. The topological polar surface area (TPSA) is 91.7 Å². The smallest absolute Gasteiger partial charge is 0.231 e. The van der Waals surface area contributed by atoms with Crippen LogP contribution in [0, 0.1) is 0 Å². The number of rotatable bonds is 4. The van der Waals surface area contributed by atoms with E-state index in [2.05, 4.69) is 25.6 Å². The van der Waals surface area contributed by atoms with Crippen LogP contribution in [-0.4, -0.2) is 27.0 Å². The number of aromatic amines is 1. The number of nitrogens with zero attached hydrogens (tertiary/aromatic N) is 2. The van der Waals surface area contributed by atoms with E-state index in [9.17, 15) is 0 Å². The Kier molecular flexibility index (Phi) is 5.86. The Hall–Kier alpha value is -2.02. The summed E-state index contributed by atoms with van der Waals surface area (Å²) in [6.45, 7) is 0. The van der Waals surface area contributed by atoms with E-state index in [1.54, 1.807) is 0 Å². The highest BCUT2D eigenvalue weighted by Gasteiger charge is 2.20. The highest BCUT2D eigenvalue weighted by molar-refractivity contribution is 6.30. The molecule has 5 N–H and O–H groups in total. The summed E-state index contributed by atoms with van der Waals surface area (Å²) >= 11 is 6.05. The Labute approximate surface area is 163 Å². The summed E-state index contributed by atoms with van der Waals surface area (Å²) in [5.41, 5.74) is 7.66. The summed E-state index contributed by atoms with van der Waals surface area (Å²) in [5.74, 6) is 1.38. The highest BCUT2D eigenvalue weighted by atomic mass is 35.5. The standard InChI is InChI=1S/C18H21ClN6.ClH/c19-11-2-1-3-14(10-11)23-18-24-16-15(8-9-21-16)17(25-18)22-13-6-4-12(20)5-7-13;/h1-3,8-10,12-13H,4-7,20H2,(H3,21,22,23,24,25);1H. The van der Waals surface area contributed by atoms with Gasteiger partial charge in [0.25, 0.3) is 0 Å². The molecule has 0 atom stereocenters. The predicted octanol–water partition coefficient (Wildman–Crippen LogP) is 4.46. The molecule has 4 rings (SSSR count). The van der Waals surface area contributed by atoms with Crippen LogP contribution in [0.3, 0.4) is 0 Å². The van der Waals surface area contributed by atoms with Gasteiger partial charge in [-0.2, -0.15) is 9.97 Å². The van der Waals surface area contributed by atoms with E-state index >= 15 is 0 Å². The molecule has 6 nitrogen and oxygen atoms in total. The van der Waals surface area contributed by atoms with Crippen molar-refractivity contribution in [3.63, 3.8) is 0 Å². The Morgan fingerprint density at radius 2 is 1.92 bits per heavy atom. The number of benzene rings is 1. The summed E-state index contributed by atoms with van der Waals surface area (Å²) < 4.78 is 0. The molecular formula is C18H22Cl2N6. The van der Waals surface area contributed by atoms with Gasteiger partial charge in [0.15, 0.2) is 0 Å². The Morgan fingerprint density at radius 1 is 1.12 bits per heavy atom. The fourth-order valence-electron chi connectivity index (χ4n) is 3.26. The molecule has 0 amide bonds. The Morgan fingerprint density at radius 3 is 2.69 bits per heavy atom. The molecule has 8 heteroatoms. The highest BCUT2D eigenvalue weighted by Crippen LogP contribution is 2.27. The van der Waals surface area contributed by atoms with Crippen molar-refractivity contribution in [2.45, 2.75) is 37.8 Å². The number of hydrogen-bond acceptors (Lipinski definition) is 5. The zero-order valence-electron chi connectivity index (χ0n) is 14.2. The average molecular weight is 393 g/mol. The number of aromatic nitrogens is 3. The molecule has 2 heterocycles. The van der Waals surface area contributed by atoms with Crippen LogP contribution in [0.2, 0.25) is 5.02 Å². The normalized spacial score (nSPS) is 19.8.